The predicted octanol–water partition coefficient (Wildman–Crippen LogP) is 12.9. The molecule has 1 spiro atoms. The SMILES string of the molecule is c1ccc(-c2nc(-n3c4ccccc4c4cc(-c5ccc6c(c5)-c5ccccc5C65C6CC7CC(C6)CC5C7)ccc43)nc3c2ccc2ccccc23)cc1. The van der Waals surface area contributed by atoms with Crippen LogP contribution in [0.5, 0.6) is 0 Å². The molecule has 2 heterocycles. The number of aromatic nitrogens is 3. The van der Waals surface area contributed by atoms with E-state index in [0.717, 1.165) is 62.3 Å². The summed E-state index contributed by atoms with van der Waals surface area (Å²) in [5.41, 5.74) is 14.1. The molecule has 14 rings (SSSR count). The first kappa shape index (κ1) is 30.3. The molecule has 0 amide bonds. The van der Waals surface area contributed by atoms with E-state index in [1.54, 1.807) is 11.1 Å². The van der Waals surface area contributed by atoms with Gasteiger partial charge in [0, 0.05) is 32.5 Å². The van der Waals surface area contributed by atoms with Gasteiger partial charge in [-0.05, 0) is 125 Å². The van der Waals surface area contributed by atoms with Gasteiger partial charge in [0.25, 0.3) is 0 Å². The summed E-state index contributed by atoms with van der Waals surface area (Å²) in [7, 11) is 0. The van der Waals surface area contributed by atoms with Crippen LogP contribution < -0.4 is 0 Å². The van der Waals surface area contributed by atoms with E-state index in [2.05, 4.69) is 156 Å². The Morgan fingerprint density at radius 2 is 1.13 bits per heavy atom. The number of fused-ring (bicyclic) bond motifs is 9. The summed E-state index contributed by atoms with van der Waals surface area (Å²) >= 11 is 0. The first-order chi connectivity index (χ1) is 27.2. The third-order valence-corrected chi connectivity index (χ3v) is 14.4. The van der Waals surface area contributed by atoms with Crippen molar-refractivity contribution >= 4 is 43.5 Å². The Balaban J connectivity index is 1.00. The lowest BCUT2D eigenvalue weighted by atomic mass is 9.43. The van der Waals surface area contributed by atoms with E-state index in [1.165, 1.54) is 70.5 Å². The Morgan fingerprint density at radius 3 is 1.98 bits per heavy atom. The minimum Gasteiger partial charge on any atom is -0.278 e. The van der Waals surface area contributed by atoms with Gasteiger partial charge in [0.15, 0.2) is 0 Å². The topological polar surface area (TPSA) is 30.7 Å². The van der Waals surface area contributed by atoms with E-state index in [-0.39, 0.29) is 5.41 Å². The maximum atomic E-state index is 5.40. The number of para-hydroxylation sites is 1. The van der Waals surface area contributed by atoms with E-state index in [9.17, 15) is 0 Å². The van der Waals surface area contributed by atoms with Crippen molar-refractivity contribution in [2.45, 2.75) is 37.5 Å². The number of nitrogens with zero attached hydrogens (tertiary/aromatic N) is 3. The highest BCUT2D eigenvalue weighted by molar-refractivity contribution is 6.12. The van der Waals surface area contributed by atoms with Gasteiger partial charge in [-0.15, -0.1) is 0 Å². The quantitative estimate of drug-likeness (QED) is 0.171. The molecule has 4 saturated carbocycles. The molecule has 3 heteroatoms. The molecule has 5 aliphatic carbocycles. The molecule has 0 radical (unpaired) electrons. The van der Waals surface area contributed by atoms with Crippen molar-refractivity contribution in [1.82, 2.24) is 14.5 Å². The largest absolute Gasteiger partial charge is 0.278 e. The van der Waals surface area contributed by atoms with Gasteiger partial charge in [0.05, 0.1) is 22.2 Å². The van der Waals surface area contributed by atoms with Crippen LogP contribution in [0.15, 0.2) is 152 Å². The van der Waals surface area contributed by atoms with Gasteiger partial charge in [-0.2, -0.15) is 0 Å². The van der Waals surface area contributed by atoms with Gasteiger partial charge in [-0.1, -0.05) is 121 Å². The van der Waals surface area contributed by atoms with Gasteiger partial charge in [0.1, 0.15) is 0 Å². The van der Waals surface area contributed by atoms with Crippen LogP contribution in [-0.2, 0) is 5.41 Å². The summed E-state index contributed by atoms with van der Waals surface area (Å²) in [6, 6.07) is 56.2. The summed E-state index contributed by atoms with van der Waals surface area (Å²) in [6.07, 6.45) is 7.12. The molecule has 262 valence electrons. The Kier molecular flexibility index (Phi) is 6.06. The van der Waals surface area contributed by atoms with Crippen LogP contribution in [0.2, 0.25) is 0 Å². The van der Waals surface area contributed by atoms with Crippen LogP contribution in [0.1, 0.15) is 43.2 Å². The molecule has 0 atom stereocenters. The van der Waals surface area contributed by atoms with E-state index >= 15 is 0 Å². The van der Waals surface area contributed by atoms with E-state index in [1.807, 2.05) is 0 Å². The zero-order valence-corrected chi connectivity index (χ0v) is 30.6. The third kappa shape index (κ3) is 4.06. The van der Waals surface area contributed by atoms with E-state index in [0.29, 0.717) is 5.95 Å². The molecule has 0 N–H and O–H groups in total. The van der Waals surface area contributed by atoms with Gasteiger partial charge < -0.3 is 0 Å². The summed E-state index contributed by atoms with van der Waals surface area (Å²) < 4.78 is 2.27. The molecule has 4 fully saturated rings. The normalized spacial score (nSPS) is 23.3. The summed E-state index contributed by atoms with van der Waals surface area (Å²) in [5, 5.41) is 5.80. The molecular weight excluding hydrogens is 667 g/mol. The second-order valence-corrected chi connectivity index (χ2v) is 17.0. The highest BCUT2D eigenvalue weighted by Crippen LogP contribution is 2.69. The van der Waals surface area contributed by atoms with Crippen LogP contribution in [0.4, 0.5) is 0 Å². The molecular formula is C52H39N3. The van der Waals surface area contributed by atoms with Crippen molar-refractivity contribution in [3.63, 3.8) is 0 Å². The predicted molar refractivity (Wildman–Crippen MR) is 226 cm³/mol. The number of hydrogen-bond donors (Lipinski definition) is 0. The highest BCUT2D eigenvalue weighted by Gasteiger charge is 2.61. The maximum Gasteiger partial charge on any atom is 0.235 e. The van der Waals surface area contributed by atoms with Gasteiger partial charge in [-0.25, -0.2) is 9.97 Å². The highest BCUT2D eigenvalue weighted by atomic mass is 15.2. The fourth-order valence-electron chi connectivity index (χ4n) is 12.5. The average molecular weight is 706 g/mol. The lowest BCUT2D eigenvalue weighted by Gasteiger charge is -2.61. The van der Waals surface area contributed by atoms with Crippen molar-refractivity contribution in [2.24, 2.45) is 23.7 Å². The van der Waals surface area contributed by atoms with Crippen LogP contribution in [-0.4, -0.2) is 14.5 Å². The van der Waals surface area contributed by atoms with Gasteiger partial charge >= 0.3 is 0 Å². The second kappa shape index (κ2) is 11.0. The summed E-state index contributed by atoms with van der Waals surface area (Å²) in [4.78, 5) is 10.8. The third-order valence-electron chi connectivity index (χ3n) is 14.4. The fourth-order valence-corrected chi connectivity index (χ4v) is 12.5. The van der Waals surface area contributed by atoms with Crippen molar-refractivity contribution in [3.05, 3.63) is 163 Å². The van der Waals surface area contributed by atoms with Crippen LogP contribution in [0.25, 0.3) is 82.9 Å². The number of hydrogen-bond acceptors (Lipinski definition) is 2. The first-order valence-electron chi connectivity index (χ1n) is 20.3. The standard InChI is InChI=1S/C52H39N3/c1-2-11-34(12-3-1)49-42-21-18-33-10-4-5-13-39(33)50(42)54-51(53-49)55-47-17-9-7-15-41(47)44-30-36(20-23-48(44)55)35-19-22-46-43(29-35)40-14-6-8-16-45(40)52(46)37-25-31-24-32(27-37)28-38(52)26-31/h1-23,29-32,37-38H,24-28H2. The number of rotatable bonds is 3. The lowest BCUT2D eigenvalue weighted by molar-refractivity contribution is -0.0399. The maximum absolute atomic E-state index is 5.40. The number of benzene rings is 7. The molecule has 4 bridgehead atoms. The molecule has 55 heavy (non-hydrogen) atoms. The molecule has 0 unspecified atom stereocenters. The monoisotopic (exact) mass is 705 g/mol. The van der Waals surface area contributed by atoms with Crippen molar-refractivity contribution in [3.8, 4) is 39.5 Å². The lowest BCUT2D eigenvalue weighted by Crippen LogP contribution is -2.55. The van der Waals surface area contributed by atoms with Crippen molar-refractivity contribution in [1.29, 1.82) is 0 Å². The van der Waals surface area contributed by atoms with Crippen molar-refractivity contribution in [2.75, 3.05) is 0 Å². The second-order valence-electron chi connectivity index (χ2n) is 17.0. The molecule has 5 aliphatic rings. The molecule has 0 aliphatic heterocycles. The Bertz CT molecular complexity index is 3030. The zero-order chi connectivity index (χ0) is 35.8. The average Bonchev–Trinajstić information content (AvgIpc) is 3.72. The van der Waals surface area contributed by atoms with Crippen LogP contribution >= 0.6 is 0 Å². The van der Waals surface area contributed by atoms with Crippen LogP contribution in [0.3, 0.4) is 0 Å². The molecule has 3 nitrogen and oxygen atoms in total. The fraction of sp³-hybridized carbons (Fsp3) is 0.192. The molecule has 0 saturated heterocycles. The Morgan fingerprint density at radius 1 is 0.455 bits per heavy atom. The van der Waals surface area contributed by atoms with Gasteiger partial charge in [0.2, 0.25) is 5.95 Å². The van der Waals surface area contributed by atoms with E-state index < -0.39 is 0 Å². The summed E-state index contributed by atoms with van der Waals surface area (Å²) in [6.45, 7) is 0. The zero-order valence-electron chi connectivity index (χ0n) is 30.6. The summed E-state index contributed by atoms with van der Waals surface area (Å²) in [5.74, 6) is 4.13. The Labute approximate surface area is 320 Å². The minimum absolute atomic E-state index is 0.193. The molecule has 9 aromatic rings. The molecule has 7 aromatic carbocycles. The van der Waals surface area contributed by atoms with Crippen molar-refractivity contribution < 1.29 is 0 Å². The minimum atomic E-state index is 0.193. The molecule has 2 aromatic heterocycles. The first-order valence-corrected chi connectivity index (χ1v) is 20.3. The smallest absolute Gasteiger partial charge is 0.235 e. The van der Waals surface area contributed by atoms with Gasteiger partial charge in [-0.3, -0.25) is 4.57 Å². The van der Waals surface area contributed by atoms with Crippen LogP contribution in [0, 0.1) is 23.7 Å². The van der Waals surface area contributed by atoms with E-state index in [4.69, 9.17) is 9.97 Å². The Hall–Kier alpha value is -6.06.